The van der Waals surface area contributed by atoms with Crippen LogP contribution in [-0.2, 0) is 4.79 Å². The van der Waals surface area contributed by atoms with E-state index in [0.717, 1.165) is 57.3 Å². The average Bonchev–Trinajstić information content (AvgIpc) is 3.33. The second-order valence-corrected chi connectivity index (χ2v) is 8.06. The van der Waals surface area contributed by atoms with Crippen molar-refractivity contribution in [3.63, 3.8) is 0 Å². The van der Waals surface area contributed by atoms with Gasteiger partial charge < -0.3 is 14.5 Å². The Bertz CT molecular complexity index is 622. The Kier molecular flexibility index (Phi) is 4.54. The van der Waals surface area contributed by atoms with Gasteiger partial charge in [-0.25, -0.2) is 0 Å². The summed E-state index contributed by atoms with van der Waals surface area (Å²) in [6.07, 6.45) is 7.19. The number of amides is 1. The highest BCUT2D eigenvalue weighted by atomic mass is 16.5. The van der Waals surface area contributed by atoms with E-state index >= 15 is 0 Å². The number of aliphatic hydroxyl groups is 1. The summed E-state index contributed by atoms with van der Waals surface area (Å²) in [4.78, 5) is 21.4. The van der Waals surface area contributed by atoms with Gasteiger partial charge in [0.25, 0.3) is 0 Å². The molecule has 1 saturated heterocycles. The number of nitrogens with zero attached hydrogens (tertiary/aromatic N) is 4. The standard InChI is InChI=1S/C18H28N4O3/c1-21-9-10-22(15(23)11-18(24)7-3-2-4-8-18)12-14(21)17-19-16(20-25-17)13-5-6-13/h13-14,24H,2-12H2,1H3/t14-/m1/s1. The van der Waals surface area contributed by atoms with Gasteiger partial charge in [0, 0.05) is 25.6 Å². The molecule has 3 aliphatic rings. The molecule has 0 spiro atoms. The lowest BCUT2D eigenvalue weighted by Crippen LogP contribution is -2.51. The van der Waals surface area contributed by atoms with Crippen LogP contribution >= 0.6 is 0 Å². The van der Waals surface area contributed by atoms with Gasteiger partial charge in [-0.3, -0.25) is 9.69 Å². The molecule has 0 aromatic carbocycles. The summed E-state index contributed by atoms with van der Waals surface area (Å²) in [5, 5.41) is 14.8. The third-order valence-corrected chi connectivity index (χ3v) is 5.95. The topological polar surface area (TPSA) is 82.7 Å². The van der Waals surface area contributed by atoms with Crippen molar-refractivity contribution in [2.24, 2.45) is 0 Å². The van der Waals surface area contributed by atoms with Crippen LogP contribution in [0.4, 0.5) is 0 Å². The molecule has 7 heteroatoms. The zero-order valence-corrected chi connectivity index (χ0v) is 15.0. The summed E-state index contributed by atoms with van der Waals surface area (Å²) in [6, 6.07) is -0.0568. The summed E-state index contributed by atoms with van der Waals surface area (Å²) >= 11 is 0. The van der Waals surface area contributed by atoms with E-state index in [2.05, 4.69) is 15.0 Å². The van der Waals surface area contributed by atoms with Crippen molar-refractivity contribution < 1.29 is 14.4 Å². The molecular weight excluding hydrogens is 320 g/mol. The van der Waals surface area contributed by atoms with Gasteiger partial charge in [-0.05, 0) is 32.7 Å². The summed E-state index contributed by atoms with van der Waals surface area (Å²) < 4.78 is 5.48. The molecule has 2 saturated carbocycles. The minimum Gasteiger partial charge on any atom is -0.389 e. The average molecular weight is 348 g/mol. The Balaban J connectivity index is 1.41. The number of hydrogen-bond donors (Lipinski definition) is 1. The first kappa shape index (κ1) is 17.0. The van der Waals surface area contributed by atoms with Crippen molar-refractivity contribution in [1.29, 1.82) is 0 Å². The largest absolute Gasteiger partial charge is 0.389 e. The molecular formula is C18H28N4O3. The Morgan fingerprint density at radius 2 is 2.04 bits per heavy atom. The van der Waals surface area contributed by atoms with Gasteiger partial charge in [0.15, 0.2) is 5.82 Å². The van der Waals surface area contributed by atoms with E-state index in [-0.39, 0.29) is 18.4 Å². The van der Waals surface area contributed by atoms with Crippen LogP contribution in [0.3, 0.4) is 0 Å². The van der Waals surface area contributed by atoms with Crippen molar-refractivity contribution >= 4 is 5.91 Å². The van der Waals surface area contributed by atoms with Crippen LogP contribution in [0.15, 0.2) is 4.52 Å². The van der Waals surface area contributed by atoms with Crippen molar-refractivity contribution in [2.45, 2.75) is 68.9 Å². The summed E-state index contributed by atoms with van der Waals surface area (Å²) in [5.41, 5.74) is -0.808. The smallest absolute Gasteiger partial charge is 0.245 e. The molecule has 2 aliphatic carbocycles. The van der Waals surface area contributed by atoms with Gasteiger partial charge >= 0.3 is 0 Å². The molecule has 1 atom stereocenters. The minimum atomic E-state index is -0.808. The number of rotatable bonds is 4. The fourth-order valence-corrected chi connectivity index (χ4v) is 4.04. The highest BCUT2D eigenvalue weighted by molar-refractivity contribution is 5.77. The predicted octanol–water partition coefficient (Wildman–Crippen LogP) is 1.85. The van der Waals surface area contributed by atoms with Crippen LogP contribution in [-0.4, -0.2) is 63.2 Å². The molecule has 25 heavy (non-hydrogen) atoms. The SMILES string of the molecule is CN1CCN(C(=O)CC2(O)CCCCC2)C[C@@H]1c1nc(C2CC2)no1. The minimum absolute atomic E-state index is 0.0458. The maximum Gasteiger partial charge on any atom is 0.245 e. The number of carbonyl (C=O) groups is 1. The van der Waals surface area contributed by atoms with Gasteiger partial charge in [0.1, 0.15) is 6.04 Å². The van der Waals surface area contributed by atoms with Crippen molar-refractivity contribution in [1.82, 2.24) is 19.9 Å². The third kappa shape index (κ3) is 3.72. The fraction of sp³-hybridized carbons (Fsp3) is 0.833. The van der Waals surface area contributed by atoms with E-state index < -0.39 is 5.60 Å². The van der Waals surface area contributed by atoms with E-state index in [4.69, 9.17) is 4.52 Å². The molecule has 1 N–H and O–H groups in total. The van der Waals surface area contributed by atoms with E-state index in [0.29, 0.717) is 24.9 Å². The molecule has 0 bridgehead atoms. The number of likely N-dealkylation sites (N-methyl/N-ethyl adjacent to an activating group) is 1. The van der Waals surface area contributed by atoms with Crippen LogP contribution in [0.1, 0.15) is 75.0 Å². The predicted molar refractivity (Wildman–Crippen MR) is 90.9 cm³/mol. The van der Waals surface area contributed by atoms with Crippen LogP contribution in [0, 0.1) is 0 Å². The Morgan fingerprint density at radius 1 is 1.28 bits per heavy atom. The highest BCUT2D eigenvalue weighted by Crippen LogP contribution is 2.39. The van der Waals surface area contributed by atoms with Crippen LogP contribution < -0.4 is 0 Å². The lowest BCUT2D eigenvalue weighted by Gasteiger charge is -2.39. The zero-order valence-electron chi connectivity index (χ0n) is 15.0. The number of hydrogen-bond acceptors (Lipinski definition) is 6. The zero-order chi connectivity index (χ0) is 17.4. The Hall–Kier alpha value is -1.47. The van der Waals surface area contributed by atoms with E-state index in [1.807, 2.05) is 11.9 Å². The fourth-order valence-electron chi connectivity index (χ4n) is 4.04. The number of piperazine rings is 1. The second kappa shape index (κ2) is 6.68. The molecule has 7 nitrogen and oxygen atoms in total. The van der Waals surface area contributed by atoms with Gasteiger partial charge in [-0.2, -0.15) is 4.98 Å². The number of aromatic nitrogens is 2. The van der Waals surface area contributed by atoms with E-state index in [1.54, 1.807) is 0 Å². The normalized spacial score (nSPS) is 27.4. The maximum absolute atomic E-state index is 12.8. The molecule has 4 rings (SSSR count). The molecule has 0 radical (unpaired) electrons. The lowest BCUT2D eigenvalue weighted by molar-refractivity contribution is -0.140. The first-order chi connectivity index (χ1) is 12.0. The van der Waals surface area contributed by atoms with Crippen molar-refractivity contribution in [3.8, 4) is 0 Å². The molecule has 138 valence electrons. The van der Waals surface area contributed by atoms with Crippen LogP contribution in [0.5, 0.6) is 0 Å². The molecule has 1 aromatic rings. The van der Waals surface area contributed by atoms with Crippen LogP contribution in [0.2, 0.25) is 0 Å². The summed E-state index contributed by atoms with van der Waals surface area (Å²) in [7, 11) is 2.03. The Labute approximate surface area is 148 Å². The van der Waals surface area contributed by atoms with Crippen molar-refractivity contribution in [2.75, 3.05) is 26.7 Å². The maximum atomic E-state index is 12.8. The van der Waals surface area contributed by atoms with E-state index in [1.165, 1.54) is 0 Å². The molecule has 2 heterocycles. The first-order valence-electron chi connectivity index (χ1n) is 9.58. The molecule has 1 aliphatic heterocycles. The quantitative estimate of drug-likeness (QED) is 0.894. The summed E-state index contributed by atoms with van der Waals surface area (Å²) in [6.45, 7) is 2.01. The van der Waals surface area contributed by atoms with Gasteiger partial charge in [0.05, 0.1) is 12.0 Å². The molecule has 1 aromatic heterocycles. The van der Waals surface area contributed by atoms with E-state index in [9.17, 15) is 9.90 Å². The Morgan fingerprint density at radius 3 is 2.76 bits per heavy atom. The van der Waals surface area contributed by atoms with Gasteiger partial charge in [0.2, 0.25) is 11.8 Å². The van der Waals surface area contributed by atoms with Crippen molar-refractivity contribution in [3.05, 3.63) is 11.7 Å². The van der Waals surface area contributed by atoms with Gasteiger partial charge in [-0.1, -0.05) is 24.4 Å². The lowest BCUT2D eigenvalue weighted by atomic mass is 9.82. The van der Waals surface area contributed by atoms with Crippen LogP contribution in [0.25, 0.3) is 0 Å². The molecule has 3 fully saturated rings. The number of carbonyl (C=O) groups excluding carboxylic acids is 1. The van der Waals surface area contributed by atoms with Gasteiger partial charge in [-0.15, -0.1) is 0 Å². The molecule has 0 unspecified atom stereocenters. The first-order valence-corrected chi connectivity index (χ1v) is 9.58. The second-order valence-electron chi connectivity index (χ2n) is 8.06. The summed E-state index contributed by atoms with van der Waals surface area (Å²) in [5.74, 6) is 1.93. The highest BCUT2D eigenvalue weighted by Gasteiger charge is 2.38. The molecule has 1 amide bonds. The third-order valence-electron chi connectivity index (χ3n) is 5.95. The monoisotopic (exact) mass is 348 g/mol.